The van der Waals surface area contributed by atoms with E-state index >= 15 is 0 Å². The fraction of sp³-hybridized carbons (Fsp3) is 0.333. The molecular weight excluding hydrogens is 268 g/mol. The van der Waals surface area contributed by atoms with Gasteiger partial charge in [-0.15, -0.1) is 0 Å². The molecule has 0 radical (unpaired) electrons. The van der Waals surface area contributed by atoms with Gasteiger partial charge in [0, 0.05) is 18.3 Å². The molecule has 4 nitrogen and oxygen atoms in total. The van der Waals surface area contributed by atoms with E-state index in [0.29, 0.717) is 11.2 Å². The number of aromatic nitrogens is 2. The molecule has 0 spiro atoms. The fourth-order valence-electron chi connectivity index (χ4n) is 1.93. The molecule has 0 aliphatic carbocycles. The van der Waals surface area contributed by atoms with Gasteiger partial charge in [-0.05, 0) is 38.6 Å². The highest BCUT2D eigenvalue weighted by molar-refractivity contribution is 7.80. The molecule has 106 valence electrons. The summed E-state index contributed by atoms with van der Waals surface area (Å²) in [5.41, 5.74) is 2.50. The summed E-state index contributed by atoms with van der Waals surface area (Å²) in [5, 5.41) is 11.3. The highest BCUT2D eigenvalue weighted by atomic mass is 32.1. The van der Waals surface area contributed by atoms with Crippen molar-refractivity contribution >= 4 is 23.1 Å². The number of rotatable bonds is 4. The van der Waals surface area contributed by atoms with Crippen LogP contribution in [0.4, 0.5) is 5.82 Å². The number of hydrogen-bond donors (Lipinski definition) is 2. The molecule has 1 aromatic carbocycles. The van der Waals surface area contributed by atoms with Crippen LogP contribution in [-0.4, -0.2) is 20.9 Å². The number of anilines is 1. The van der Waals surface area contributed by atoms with Gasteiger partial charge in [-0.1, -0.05) is 29.8 Å². The van der Waals surface area contributed by atoms with Crippen LogP contribution in [0.3, 0.4) is 0 Å². The molecule has 0 aliphatic rings. The molecule has 0 fully saturated rings. The number of nitrogens with one attached hydrogen (secondary N) is 2. The first-order valence-electron chi connectivity index (χ1n) is 6.69. The number of nitrogens with zero attached hydrogens (tertiary/aromatic N) is 2. The van der Waals surface area contributed by atoms with Crippen molar-refractivity contribution in [3.8, 4) is 0 Å². The van der Waals surface area contributed by atoms with Crippen molar-refractivity contribution in [2.24, 2.45) is 0 Å². The normalized spacial score (nSPS) is 10.6. The number of hydrogen-bond acceptors (Lipinski definition) is 2. The lowest BCUT2D eigenvalue weighted by molar-refractivity contribution is 0.689. The molecule has 1 heterocycles. The highest BCUT2D eigenvalue weighted by Crippen LogP contribution is 2.08. The van der Waals surface area contributed by atoms with E-state index in [9.17, 15) is 0 Å². The maximum Gasteiger partial charge on any atom is 0.172 e. The standard InChI is InChI=1S/C15H20N4S/c1-11(2)16-15(20)17-14-7-8-19(18-14)10-13-6-4-5-12(3)9-13/h4-9,11H,10H2,1-3H3,(H2,16,17,18,20). The van der Waals surface area contributed by atoms with Crippen molar-refractivity contribution in [1.29, 1.82) is 0 Å². The minimum Gasteiger partial charge on any atom is -0.360 e. The summed E-state index contributed by atoms with van der Waals surface area (Å²) in [6.45, 7) is 6.94. The third kappa shape index (κ3) is 4.35. The fourth-order valence-corrected chi connectivity index (χ4v) is 2.27. The Labute approximate surface area is 125 Å². The molecule has 0 bridgehead atoms. The molecule has 20 heavy (non-hydrogen) atoms. The van der Waals surface area contributed by atoms with Gasteiger partial charge in [0.25, 0.3) is 0 Å². The Morgan fingerprint density at radius 2 is 2.15 bits per heavy atom. The first kappa shape index (κ1) is 14.5. The lowest BCUT2D eigenvalue weighted by atomic mass is 10.1. The molecule has 5 heteroatoms. The van der Waals surface area contributed by atoms with Crippen LogP contribution in [0.5, 0.6) is 0 Å². The summed E-state index contributed by atoms with van der Waals surface area (Å²) < 4.78 is 1.90. The third-order valence-electron chi connectivity index (χ3n) is 2.73. The smallest absolute Gasteiger partial charge is 0.172 e. The predicted molar refractivity (Wildman–Crippen MR) is 87.0 cm³/mol. The van der Waals surface area contributed by atoms with Crippen molar-refractivity contribution < 1.29 is 0 Å². The van der Waals surface area contributed by atoms with Crippen molar-refractivity contribution in [1.82, 2.24) is 15.1 Å². The maximum atomic E-state index is 5.20. The van der Waals surface area contributed by atoms with E-state index in [0.717, 1.165) is 12.4 Å². The van der Waals surface area contributed by atoms with Crippen LogP contribution in [0.1, 0.15) is 25.0 Å². The Morgan fingerprint density at radius 1 is 1.35 bits per heavy atom. The van der Waals surface area contributed by atoms with Crippen LogP contribution in [-0.2, 0) is 6.54 Å². The molecule has 0 amide bonds. The molecule has 1 aromatic heterocycles. The summed E-state index contributed by atoms with van der Waals surface area (Å²) in [7, 11) is 0. The van der Waals surface area contributed by atoms with Gasteiger partial charge in [0.2, 0.25) is 0 Å². The average molecular weight is 288 g/mol. The van der Waals surface area contributed by atoms with Crippen LogP contribution < -0.4 is 10.6 Å². The van der Waals surface area contributed by atoms with Gasteiger partial charge in [-0.3, -0.25) is 4.68 Å². The lowest BCUT2D eigenvalue weighted by Gasteiger charge is -2.11. The van der Waals surface area contributed by atoms with E-state index in [4.69, 9.17) is 12.2 Å². The third-order valence-corrected chi connectivity index (χ3v) is 2.95. The molecule has 2 N–H and O–H groups in total. The van der Waals surface area contributed by atoms with Crippen LogP contribution in [0.15, 0.2) is 36.5 Å². The van der Waals surface area contributed by atoms with Gasteiger partial charge in [0.05, 0.1) is 6.54 Å². The van der Waals surface area contributed by atoms with Gasteiger partial charge in [0.1, 0.15) is 0 Å². The molecule has 0 aliphatic heterocycles. The second kappa shape index (κ2) is 6.52. The van der Waals surface area contributed by atoms with Crippen LogP contribution >= 0.6 is 12.2 Å². The van der Waals surface area contributed by atoms with E-state index in [1.54, 1.807) is 0 Å². The largest absolute Gasteiger partial charge is 0.360 e. The van der Waals surface area contributed by atoms with Crippen LogP contribution in [0.2, 0.25) is 0 Å². The Kier molecular flexibility index (Phi) is 4.74. The summed E-state index contributed by atoms with van der Waals surface area (Å²) in [5.74, 6) is 0.760. The molecule has 2 aromatic rings. The van der Waals surface area contributed by atoms with E-state index in [1.807, 2.05) is 30.8 Å². The minimum atomic E-state index is 0.310. The molecule has 2 rings (SSSR count). The zero-order chi connectivity index (χ0) is 14.5. The minimum absolute atomic E-state index is 0.310. The van der Waals surface area contributed by atoms with Gasteiger partial charge >= 0.3 is 0 Å². The Hall–Kier alpha value is -1.88. The monoisotopic (exact) mass is 288 g/mol. The Bertz CT molecular complexity index is 589. The average Bonchev–Trinajstić information content (AvgIpc) is 2.75. The van der Waals surface area contributed by atoms with Crippen molar-refractivity contribution in [2.45, 2.75) is 33.4 Å². The SMILES string of the molecule is Cc1cccc(Cn2ccc(NC(=S)NC(C)C)n2)c1. The molecule has 0 unspecified atom stereocenters. The van der Waals surface area contributed by atoms with Gasteiger partial charge < -0.3 is 10.6 Å². The topological polar surface area (TPSA) is 41.9 Å². The zero-order valence-corrected chi connectivity index (χ0v) is 12.9. The van der Waals surface area contributed by atoms with Crippen molar-refractivity contribution in [3.05, 3.63) is 47.7 Å². The van der Waals surface area contributed by atoms with Gasteiger partial charge in [-0.2, -0.15) is 5.10 Å². The maximum absolute atomic E-state index is 5.20. The summed E-state index contributed by atoms with van der Waals surface area (Å²) in [6, 6.07) is 10.7. The Morgan fingerprint density at radius 3 is 2.85 bits per heavy atom. The van der Waals surface area contributed by atoms with E-state index in [-0.39, 0.29) is 0 Å². The summed E-state index contributed by atoms with van der Waals surface area (Å²) in [6.07, 6.45) is 1.95. The zero-order valence-electron chi connectivity index (χ0n) is 12.1. The number of benzene rings is 1. The van der Waals surface area contributed by atoms with E-state index < -0.39 is 0 Å². The van der Waals surface area contributed by atoms with Crippen molar-refractivity contribution in [2.75, 3.05) is 5.32 Å². The van der Waals surface area contributed by atoms with Crippen molar-refractivity contribution in [3.63, 3.8) is 0 Å². The van der Waals surface area contributed by atoms with Crippen LogP contribution in [0.25, 0.3) is 0 Å². The van der Waals surface area contributed by atoms with Gasteiger partial charge in [0.15, 0.2) is 10.9 Å². The molecule has 0 saturated heterocycles. The second-order valence-electron chi connectivity index (χ2n) is 5.14. The Balaban J connectivity index is 1.97. The molecular formula is C15H20N4S. The molecule has 0 saturated carbocycles. The van der Waals surface area contributed by atoms with E-state index in [2.05, 4.69) is 46.9 Å². The quantitative estimate of drug-likeness (QED) is 0.849. The van der Waals surface area contributed by atoms with Gasteiger partial charge in [-0.25, -0.2) is 0 Å². The first-order valence-corrected chi connectivity index (χ1v) is 7.10. The first-order chi connectivity index (χ1) is 9.52. The summed E-state index contributed by atoms with van der Waals surface area (Å²) >= 11 is 5.20. The highest BCUT2D eigenvalue weighted by Gasteiger charge is 2.03. The number of thiocarbonyl (C=S) groups is 1. The summed E-state index contributed by atoms with van der Waals surface area (Å²) in [4.78, 5) is 0. The number of aryl methyl sites for hydroxylation is 1. The predicted octanol–water partition coefficient (Wildman–Crippen LogP) is 2.93. The second-order valence-corrected chi connectivity index (χ2v) is 5.55. The molecule has 0 atom stereocenters. The van der Waals surface area contributed by atoms with E-state index in [1.165, 1.54) is 11.1 Å². The lowest BCUT2D eigenvalue weighted by Crippen LogP contribution is -2.34. The van der Waals surface area contributed by atoms with Crippen LogP contribution in [0, 0.1) is 6.92 Å².